The molecule has 0 aliphatic heterocycles. The Balaban J connectivity index is 1.92. The number of fused-ring (bicyclic) bond motifs is 5. The number of ketones is 1. The Kier molecular flexibility index (Phi) is 3.39. The fourth-order valence-electron chi connectivity index (χ4n) is 3.82. The van der Waals surface area contributed by atoms with Gasteiger partial charge in [-0.3, -0.25) is 14.9 Å². The van der Waals surface area contributed by atoms with Crippen LogP contribution in [-0.2, 0) is 0 Å². The molecule has 5 heteroatoms. The smallest absolute Gasteiger partial charge is 0.271 e. The minimum atomic E-state index is -0.432. The van der Waals surface area contributed by atoms with E-state index in [9.17, 15) is 14.9 Å². The quantitative estimate of drug-likeness (QED) is 0.313. The first kappa shape index (κ1) is 16.3. The van der Waals surface area contributed by atoms with Crippen LogP contribution >= 0.6 is 0 Å². The SMILES string of the molecule is Cc1ccc(-c2nc3cc([N+](=O)[O-])ccc3c3c2C(=O)c2ccccc2-3)cc1. The third-order valence-corrected chi connectivity index (χ3v) is 5.17. The van der Waals surface area contributed by atoms with E-state index in [2.05, 4.69) is 0 Å². The Morgan fingerprint density at radius 3 is 2.32 bits per heavy atom. The molecule has 0 saturated carbocycles. The molecule has 28 heavy (non-hydrogen) atoms. The Hall–Kier alpha value is -3.86. The summed E-state index contributed by atoms with van der Waals surface area (Å²) in [6.07, 6.45) is 0. The Morgan fingerprint density at radius 1 is 0.893 bits per heavy atom. The minimum Gasteiger partial charge on any atom is -0.288 e. The molecule has 1 aliphatic carbocycles. The van der Waals surface area contributed by atoms with Crippen molar-refractivity contribution in [2.24, 2.45) is 0 Å². The van der Waals surface area contributed by atoms with Gasteiger partial charge in [-0.25, -0.2) is 4.98 Å². The van der Waals surface area contributed by atoms with Gasteiger partial charge >= 0.3 is 0 Å². The molecule has 5 rings (SSSR count). The molecule has 0 radical (unpaired) electrons. The van der Waals surface area contributed by atoms with E-state index in [1.54, 1.807) is 6.07 Å². The van der Waals surface area contributed by atoms with E-state index in [1.165, 1.54) is 12.1 Å². The molecular weight excluding hydrogens is 352 g/mol. The summed E-state index contributed by atoms with van der Waals surface area (Å²) in [5.41, 5.74) is 5.81. The van der Waals surface area contributed by atoms with Crippen LogP contribution in [0.3, 0.4) is 0 Å². The Labute approximate surface area is 160 Å². The lowest BCUT2D eigenvalue weighted by Gasteiger charge is -2.11. The molecule has 5 nitrogen and oxygen atoms in total. The number of hydrogen-bond acceptors (Lipinski definition) is 4. The molecule has 0 saturated heterocycles. The number of aromatic nitrogens is 1. The average Bonchev–Trinajstić information content (AvgIpc) is 3.01. The highest BCUT2D eigenvalue weighted by atomic mass is 16.6. The van der Waals surface area contributed by atoms with E-state index in [-0.39, 0.29) is 11.5 Å². The van der Waals surface area contributed by atoms with E-state index in [4.69, 9.17) is 4.98 Å². The molecule has 0 bridgehead atoms. The second-order valence-electron chi connectivity index (χ2n) is 6.91. The van der Waals surface area contributed by atoms with Crippen molar-refractivity contribution in [1.29, 1.82) is 0 Å². The standard InChI is InChI=1S/C23H14N2O3/c1-13-6-8-14(9-7-13)22-21-20(16-4-2-3-5-17(16)23(21)26)18-11-10-15(25(27)28)12-19(18)24-22/h2-12H,1H3. The summed E-state index contributed by atoms with van der Waals surface area (Å²) in [5, 5.41) is 12.0. The maximum Gasteiger partial charge on any atom is 0.271 e. The number of carbonyl (C=O) groups is 1. The predicted molar refractivity (Wildman–Crippen MR) is 107 cm³/mol. The van der Waals surface area contributed by atoms with Gasteiger partial charge in [0.05, 0.1) is 21.7 Å². The zero-order valence-corrected chi connectivity index (χ0v) is 15.0. The first-order valence-corrected chi connectivity index (χ1v) is 8.88. The third-order valence-electron chi connectivity index (χ3n) is 5.17. The molecule has 1 aromatic heterocycles. The lowest BCUT2D eigenvalue weighted by atomic mass is 9.96. The summed E-state index contributed by atoms with van der Waals surface area (Å²) >= 11 is 0. The summed E-state index contributed by atoms with van der Waals surface area (Å²) in [6.45, 7) is 1.99. The van der Waals surface area contributed by atoms with Gasteiger partial charge in [0.25, 0.3) is 5.69 Å². The largest absolute Gasteiger partial charge is 0.288 e. The zero-order valence-electron chi connectivity index (χ0n) is 15.0. The number of carbonyl (C=O) groups excluding carboxylic acids is 1. The fourth-order valence-corrected chi connectivity index (χ4v) is 3.82. The van der Waals surface area contributed by atoms with Gasteiger partial charge in [0.2, 0.25) is 0 Å². The first-order valence-electron chi connectivity index (χ1n) is 8.88. The van der Waals surface area contributed by atoms with E-state index >= 15 is 0 Å². The molecular formula is C23H14N2O3. The van der Waals surface area contributed by atoms with E-state index in [0.717, 1.165) is 27.6 Å². The van der Waals surface area contributed by atoms with Crippen molar-refractivity contribution >= 4 is 22.4 Å². The molecule has 4 aromatic rings. The minimum absolute atomic E-state index is 0.0209. The molecule has 0 spiro atoms. The summed E-state index contributed by atoms with van der Waals surface area (Å²) < 4.78 is 0. The van der Waals surface area contributed by atoms with Crippen LogP contribution in [0.5, 0.6) is 0 Å². The molecule has 1 heterocycles. The highest BCUT2D eigenvalue weighted by Gasteiger charge is 2.32. The third kappa shape index (κ3) is 2.26. The van der Waals surface area contributed by atoms with Gasteiger partial charge in [-0.2, -0.15) is 0 Å². The number of aryl methyl sites for hydroxylation is 1. The highest BCUT2D eigenvalue weighted by Crippen LogP contribution is 2.45. The zero-order chi connectivity index (χ0) is 19.4. The van der Waals surface area contributed by atoms with Crippen LogP contribution in [0.4, 0.5) is 5.69 Å². The fraction of sp³-hybridized carbons (Fsp3) is 0.0435. The molecule has 0 fully saturated rings. The van der Waals surface area contributed by atoms with Crippen molar-refractivity contribution in [2.75, 3.05) is 0 Å². The van der Waals surface area contributed by atoms with Crippen LogP contribution < -0.4 is 0 Å². The second-order valence-corrected chi connectivity index (χ2v) is 6.91. The number of hydrogen-bond donors (Lipinski definition) is 0. The van der Waals surface area contributed by atoms with Crippen molar-refractivity contribution in [1.82, 2.24) is 4.98 Å². The number of non-ortho nitro benzene ring substituents is 1. The Morgan fingerprint density at radius 2 is 1.61 bits per heavy atom. The van der Waals surface area contributed by atoms with Gasteiger partial charge in [-0.15, -0.1) is 0 Å². The molecule has 3 aromatic carbocycles. The van der Waals surface area contributed by atoms with Crippen molar-refractivity contribution in [3.05, 3.63) is 93.5 Å². The van der Waals surface area contributed by atoms with Gasteiger partial charge in [-0.05, 0) is 18.6 Å². The van der Waals surface area contributed by atoms with Gasteiger partial charge in [0, 0.05) is 34.2 Å². The van der Waals surface area contributed by atoms with Crippen LogP contribution in [0.15, 0.2) is 66.7 Å². The van der Waals surface area contributed by atoms with Crippen LogP contribution in [0.2, 0.25) is 0 Å². The molecule has 0 unspecified atom stereocenters. The maximum atomic E-state index is 13.2. The lowest BCUT2D eigenvalue weighted by molar-refractivity contribution is -0.384. The van der Waals surface area contributed by atoms with E-state index in [1.807, 2.05) is 55.5 Å². The highest BCUT2D eigenvalue weighted by molar-refractivity contribution is 6.28. The van der Waals surface area contributed by atoms with Crippen LogP contribution in [0, 0.1) is 17.0 Å². The maximum absolute atomic E-state index is 13.2. The molecule has 0 atom stereocenters. The second kappa shape index (κ2) is 5.82. The average molecular weight is 366 g/mol. The van der Waals surface area contributed by atoms with Gasteiger partial charge in [0.1, 0.15) is 0 Å². The Bertz CT molecular complexity index is 1310. The van der Waals surface area contributed by atoms with E-state index in [0.29, 0.717) is 22.3 Å². The topological polar surface area (TPSA) is 73.1 Å². The number of pyridine rings is 1. The van der Waals surface area contributed by atoms with E-state index < -0.39 is 4.92 Å². The van der Waals surface area contributed by atoms with Crippen LogP contribution in [0.25, 0.3) is 33.3 Å². The number of rotatable bonds is 2. The van der Waals surface area contributed by atoms with Crippen molar-refractivity contribution < 1.29 is 9.72 Å². The van der Waals surface area contributed by atoms with Crippen LogP contribution in [-0.4, -0.2) is 15.7 Å². The lowest BCUT2D eigenvalue weighted by Crippen LogP contribution is -2.01. The summed E-state index contributed by atoms with van der Waals surface area (Å²) in [4.78, 5) is 28.7. The van der Waals surface area contributed by atoms with Gasteiger partial charge in [-0.1, -0.05) is 54.1 Å². The summed E-state index contributed by atoms with van der Waals surface area (Å²) in [6, 6.07) is 19.9. The van der Waals surface area contributed by atoms with Gasteiger partial charge < -0.3 is 0 Å². The van der Waals surface area contributed by atoms with Crippen LogP contribution in [0.1, 0.15) is 21.5 Å². The van der Waals surface area contributed by atoms with Crippen molar-refractivity contribution in [2.45, 2.75) is 6.92 Å². The molecule has 1 aliphatic rings. The molecule has 0 N–H and O–H groups in total. The number of nitrogens with zero attached hydrogens (tertiary/aromatic N) is 2. The molecule has 134 valence electrons. The predicted octanol–water partition coefficient (Wildman–Crippen LogP) is 5.33. The number of nitro benzene ring substituents is 1. The number of nitro groups is 1. The summed E-state index contributed by atoms with van der Waals surface area (Å²) in [5.74, 6) is -0.0612. The van der Waals surface area contributed by atoms with Crippen molar-refractivity contribution in [3.63, 3.8) is 0 Å². The van der Waals surface area contributed by atoms with Crippen molar-refractivity contribution in [3.8, 4) is 22.4 Å². The summed E-state index contributed by atoms with van der Waals surface area (Å²) in [7, 11) is 0. The number of benzene rings is 3. The first-order chi connectivity index (χ1) is 13.5. The van der Waals surface area contributed by atoms with Gasteiger partial charge in [0.15, 0.2) is 5.78 Å². The monoisotopic (exact) mass is 366 g/mol. The normalized spacial score (nSPS) is 12.1. The molecule has 0 amide bonds.